The lowest BCUT2D eigenvalue weighted by Crippen LogP contribution is -2.40. The van der Waals surface area contributed by atoms with Crippen molar-refractivity contribution in [2.75, 3.05) is 13.3 Å². The van der Waals surface area contributed by atoms with E-state index < -0.39 is 16.1 Å². The molecule has 2 heterocycles. The highest BCUT2D eigenvalue weighted by Crippen LogP contribution is 2.36. The number of nitrogens with zero attached hydrogens (tertiary/aromatic N) is 1. The van der Waals surface area contributed by atoms with Gasteiger partial charge in [-0.3, -0.25) is 4.79 Å². The fourth-order valence-electron chi connectivity index (χ4n) is 3.64. The van der Waals surface area contributed by atoms with Crippen LogP contribution < -0.4 is 9.47 Å². The molecule has 0 aromatic heterocycles. The molecule has 0 radical (unpaired) electrons. The Morgan fingerprint density at radius 3 is 2.67 bits per heavy atom. The maximum atomic E-state index is 13.2. The molecular weight excluding hydrogens is 366 g/mol. The largest absolute Gasteiger partial charge is 0.454 e. The smallest absolute Gasteiger partial charge is 0.243 e. The van der Waals surface area contributed by atoms with Crippen molar-refractivity contribution in [3.05, 3.63) is 53.1 Å². The Labute approximate surface area is 158 Å². The van der Waals surface area contributed by atoms with Crippen LogP contribution in [-0.4, -0.2) is 37.9 Å². The molecule has 0 saturated carbocycles. The summed E-state index contributed by atoms with van der Waals surface area (Å²) in [5.74, 6) is 0.795. The summed E-state index contributed by atoms with van der Waals surface area (Å²) in [6.07, 6.45) is 1.18. The summed E-state index contributed by atoms with van der Waals surface area (Å²) in [5, 5.41) is 0. The molecule has 1 atom stereocenters. The second kappa shape index (κ2) is 6.65. The van der Waals surface area contributed by atoms with Gasteiger partial charge in [0.2, 0.25) is 16.8 Å². The van der Waals surface area contributed by atoms with Gasteiger partial charge in [0.05, 0.1) is 10.9 Å². The van der Waals surface area contributed by atoms with E-state index in [9.17, 15) is 13.2 Å². The van der Waals surface area contributed by atoms with Crippen molar-refractivity contribution in [2.24, 2.45) is 0 Å². The van der Waals surface area contributed by atoms with Crippen LogP contribution in [-0.2, 0) is 10.0 Å². The zero-order valence-electron chi connectivity index (χ0n) is 15.3. The molecule has 0 spiro atoms. The second-order valence-corrected chi connectivity index (χ2v) is 8.86. The molecule has 1 saturated heterocycles. The van der Waals surface area contributed by atoms with Crippen LogP contribution in [0, 0.1) is 13.8 Å². The van der Waals surface area contributed by atoms with Gasteiger partial charge in [0.25, 0.3) is 0 Å². The van der Waals surface area contributed by atoms with Crippen LogP contribution in [0.2, 0.25) is 0 Å². The van der Waals surface area contributed by atoms with Gasteiger partial charge in [0.15, 0.2) is 17.3 Å². The second-order valence-electron chi connectivity index (χ2n) is 6.97. The molecule has 0 N–H and O–H groups in total. The van der Waals surface area contributed by atoms with Gasteiger partial charge in [-0.2, -0.15) is 4.31 Å². The molecule has 0 aliphatic carbocycles. The summed E-state index contributed by atoms with van der Waals surface area (Å²) < 4.78 is 38.3. The van der Waals surface area contributed by atoms with Crippen LogP contribution >= 0.6 is 0 Å². The van der Waals surface area contributed by atoms with Crippen LogP contribution in [0.25, 0.3) is 0 Å². The first-order valence-electron chi connectivity index (χ1n) is 8.91. The van der Waals surface area contributed by atoms with Crippen molar-refractivity contribution in [2.45, 2.75) is 37.6 Å². The van der Waals surface area contributed by atoms with Gasteiger partial charge in [-0.25, -0.2) is 8.42 Å². The maximum absolute atomic E-state index is 13.2. The number of ether oxygens (including phenoxy) is 2. The van der Waals surface area contributed by atoms with Crippen LogP contribution in [0.4, 0.5) is 0 Å². The third kappa shape index (κ3) is 3.11. The average Bonchev–Trinajstić information content (AvgIpc) is 3.31. The van der Waals surface area contributed by atoms with Crippen molar-refractivity contribution in [1.29, 1.82) is 0 Å². The first-order valence-corrected chi connectivity index (χ1v) is 10.3. The molecule has 27 heavy (non-hydrogen) atoms. The minimum Gasteiger partial charge on any atom is -0.454 e. The highest BCUT2D eigenvalue weighted by atomic mass is 32.2. The maximum Gasteiger partial charge on any atom is 0.243 e. The van der Waals surface area contributed by atoms with E-state index in [1.165, 1.54) is 16.4 Å². The SMILES string of the molecule is Cc1ccc(C)c(C(=O)C2CCCN2S(=O)(=O)c2ccc3c(c2)OCO3)c1. The number of fused-ring (bicyclic) bond motifs is 1. The van der Waals surface area contributed by atoms with E-state index in [0.717, 1.165) is 11.1 Å². The Morgan fingerprint density at radius 1 is 1.07 bits per heavy atom. The topological polar surface area (TPSA) is 72.9 Å². The van der Waals surface area contributed by atoms with Gasteiger partial charge in [-0.05, 0) is 50.5 Å². The van der Waals surface area contributed by atoms with Crippen molar-refractivity contribution < 1.29 is 22.7 Å². The third-order valence-electron chi connectivity index (χ3n) is 5.12. The number of sulfonamides is 1. The highest BCUT2D eigenvalue weighted by Gasteiger charge is 2.40. The van der Waals surface area contributed by atoms with E-state index in [4.69, 9.17) is 9.47 Å². The predicted octanol–water partition coefficient (Wildman–Crippen LogP) is 3.07. The number of aryl methyl sites for hydroxylation is 2. The standard InChI is InChI=1S/C20H21NO5S/c1-13-5-6-14(2)16(10-13)20(22)17-4-3-9-21(17)27(23,24)15-7-8-18-19(11-15)26-12-25-18/h5-8,10-11,17H,3-4,9,12H2,1-2H3. The normalized spacial score (nSPS) is 19.4. The van der Waals surface area contributed by atoms with E-state index in [-0.39, 0.29) is 17.5 Å². The fraction of sp³-hybridized carbons (Fsp3) is 0.350. The monoisotopic (exact) mass is 387 g/mol. The van der Waals surface area contributed by atoms with Crippen molar-refractivity contribution in [3.8, 4) is 11.5 Å². The zero-order chi connectivity index (χ0) is 19.2. The number of rotatable bonds is 4. The summed E-state index contributed by atoms with van der Waals surface area (Å²) in [7, 11) is -3.81. The Balaban J connectivity index is 1.68. The van der Waals surface area contributed by atoms with Gasteiger partial charge >= 0.3 is 0 Å². The number of hydrogen-bond acceptors (Lipinski definition) is 5. The molecule has 0 amide bonds. The highest BCUT2D eigenvalue weighted by molar-refractivity contribution is 7.89. The Hall–Kier alpha value is -2.38. The van der Waals surface area contributed by atoms with Crippen molar-refractivity contribution in [1.82, 2.24) is 4.31 Å². The molecule has 7 heteroatoms. The number of hydrogen-bond donors (Lipinski definition) is 0. The van der Waals surface area contributed by atoms with Gasteiger partial charge in [-0.1, -0.05) is 17.7 Å². The number of carbonyl (C=O) groups excluding carboxylic acids is 1. The Bertz CT molecular complexity index is 1020. The number of ketones is 1. The Morgan fingerprint density at radius 2 is 1.85 bits per heavy atom. The number of carbonyl (C=O) groups is 1. The van der Waals surface area contributed by atoms with Gasteiger partial charge in [0, 0.05) is 18.2 Å². The fourth-order valence-corrected chi connectivity index (χ4v) is 5.32. The van der Waals surface area contributed by atoms with E-state index in [1.807, 2.05) is 32.0 Å². The average molecular weight is 387 g/mol. The molecular formula is C20H21NO5S. The van der Waals surface area contributed by atoms with Crippen LogP contribution in [0.5, 0.6) is 11.5 Å². The van der Waals surface area contributed by atoms with E-state index in [0.29, 0.717) is 36.4 Å². The summed E-state index contributed by atoms with van der Waals surface area (Å²) >= 11 is 0. The molecule has 2 aliphatic heterocycles. The molecule has 2 aliphatic rings. The number of benzene rings is 2. The summed E-state index contributed by atoms with van der Waals surface area (Å²) in [6.45, 7) is 4.21. The predicted molar refractivity (Wildman–Crippen MR) is 99.7 cm³/mol. The van der Waals surface area contributed by atoms with Crippen LogP contribution in [0.1, 0.15) is 34.3 Å². The zero-order valence-corrected chi connectivity index (χ0v) is 16.1. The minimum atomic E-state index is -3.81. The molecule has 2 aromatic carbocycles. The first kappa shape index (κ1) is 18.0. The van der Waals surface area contributed by atoms with E-state index in [1.54, 1.807) is 6.07 Å². The first-order chi connectivity index (χ1) is 12.9. The lowest BCUT2D eigenvalue weighted by atomic mass is 9.97. The summed E-state index contributed by atoms with van der Waals surface area (Å²) in [5.41, 5.74) is 2.43. The molecule has 2 aromatic rings. The molecule has 142 valence electrons. The molecule has 1 fully saturated rings. The molecule has 1 unspecified atom stereocenters. The van der Waals surface area contributed by atoms with Crippen LogP contribution in [0.3, 0.4) is 0 Å². The number of Topliss-reactive ketones (excluding diaryl/α,β-unsaturated/α-hetero) is 1. The van der Waals surface area contributed by atoms with Gasteiger partial charge < -0.3 is 9.47 Å². The summed E-state index contributed by atoms with van der Waals surface area (Å²) in [6, 6.07) is 9.56. The summed E-state index contributed by atoms with van der Waals surface area (Å²) in [4.78, 5) is 13.3. The van der Waals surface area contributed by atoms with E-state index >= 15 is 0 Å². The lowest BCUT2D eigenvalue weighted by molar-refractivity contribution is 0.0917. The molecule has 6 nitrogen and oxygen atoms in total. The van der Waals surface area contributed by atoms with Gasteiger partial charge in [-0.15, -0.1) is 0 Å². The minimum absolute atomic E-state index is 0.0797. The van der Waals surface area contributed by atoms with Crippen molar-refractivity contribution >= 4 is 15.8 Å². The van der Waals surface area contributed by atoms with Crippen molar-refractivity contribution in [3.63, 3.8) is 0 Å². The van der Waals surface area contributed by atoms with E-state index in [2.05, 4.69) is 0 Å². The lowest BCUT2D eigenvalue weighted by Gasteiger charge is -2.24. The third-order valence-corrected chi connectivity index (χ3v) is 7.02. The molecule has 4 rings (SSSR count). The molecule has 0 bridgehead atoms. The quantitative estimate of drug-likeness (QED) is 0.754. The van der Waals surface area contributed by atoms with Crippen LogP contribution in [0.15, 0.2) is 41.3 Å². The van der Waals surface area contributed by atoms with Gasteiger partial charge in [0.1, 0.15) is 0 Å². The Kier molecular flexibility index (Phi) is 4.44.